The van der Waals surface area contributed by atoms with E-state index in [-0.39, 0.29) is 0 Å². The molecule has 0 aromatic carbocycles. The summed E-state index contributed by atoms with van der Waals surface area (Å²) in [5, 5.41) is 0. The highest BCUT2D eigenvalue weighted by atomic mass is 127. The van der Waals surface area contributed by atoms with E-state index in [1.54, 1.807) is 0 Å². The predicted molar refractivity (Wildman–Crippen MR) is 44.1 cm³/mol. The normalized spacial score (nSPS) is 9.75. The monoisotopic (exact) mass is 240 g/mol. The van der Waals surface area contributed by atoms with Gasteiger partial charge < -0.3 is 4.42 Å². The fourth-order valence-electron chi connectivity index (χ4n) is 0.437. The van der Waals surface area contributed by atoms with Crippen molar-refractivity contribution in [2.45, 2.75) is 5.75 Å². The van der Waals surface area contributed by atoms with Crippen LogP contribution in [0.15, 0.2) is 16.5 Å². The Balaban J connectivity index is 2.84. The Morgan fingerprint density at radius 3 is 2.62 bits per heavy atom. The second kappa shape index (κ2) is 2.77. The molecule has 0 saturated carbocycles. The number of thiol groups is 1. The lowest BCUT2D eigenvalue weighted by Gasteiger charge is -1.81. The molecule has 1 nitrogen and oxygen atoms in total. The van der Waals surface area contributed by atoms with Gasteiger partial charge in [0.25, 0.3) is 0 Å². The number of halogens is 1. The molecule has 1 aromatic heterocycles. The van der Waals surface area contributed by atoms with Crippen molar-refractivity contribution in [1.82, 2.24) is 0 Å². The minimum absolute atomic E-state index is 0.684. The first kappa shape index (κ1) is 6.48. The summed E-state index contributed by atoms with van der Waals surface area (Å²) < 4.78 is 6.07. The zero-order valence-corrected chi connectivity index (χ0v) is 7.15. The maximum atomic E-state index is 5.14. The largest absolute Gasteiger partial charge is 0.455 e. The summed E-state index contributed by atoms with van der Waals surface area (Å²) in [5.74, 6) is 1.61. The maximum Gasteiger partial charge on any atom is 0.164 e. The van der Waals surface area contributed by atoms with Gasteiger partial charge in [0.15, 0.2) is 3.77 Å². The van der Waals surface area contributed by atoms with Crippen molar-refractivity contribution in [3.63, 3.8) is 0 Å². The highest BCUT2D eigenvalue weighted by molar-refractivity contribution is 14.1. The van der Waals surface area contributed by atoms with E-state index in [1.807, 2.05) is 12.1 Å². The first-order chi connectivity index (χ1) is 3.83. The molecule has 0 fully saturated rings. The van der Waals surface area contributed by atoms with Crippen molar-refractivity contribution in [3.8, 4) is 0 Å². The van der Waals surface area contributed by atoms with Crippen molar-refractivity contribution in [2.24, 2.45) is 0 Å². The van der Waals surface area contributed by atoms with Crippen LogP contribution >= 0.6 is 35.2 Å². The molecule has 0 spiro atoms. The molecular formula is C5H5IOS. The second-order valence-electron chi connectivity index (χ2n) is 1.36. The second-order valence-corrected chi connectivity index (χ2v) is 2.74. The molecule has 0 aliphatic rings. The van der Waals surface area contributed by atoms with Crippen molar-refractivity contribution in [1.29, 1.82) is 0 Å². The minimum atomic E-state index is 0.684. The van der Waals surface area contributed by atoms with Crippen LogP contribution in [-0.4, -0.2) is 0 Å². The van der Waals surface area contributed by atoms with Gasteiger partial charge in [-0.2, -0.15) is 12.6 Å². The van der Waals surface area contributed by atoms with Gasteiger partial charge in [0.1, 0.15) is 5.76 Å². The van der Waals surface area contributed by atoms with Gasteiger partial charge in [-0.25, -0.2) is 0 Å². The third kappa shape index (κ3) is 1.42. The Morgan fingerprint density at radius 2 is 2.38 bits per heavy atom. The zero-order chi connectivity index (χ0) is 5.98. The maximum absolute atomic E-state index is 5.14. The number of hydrogen-bond donors (Lipinski definition) is 1. The summed E-state index contributed by atoms with van der Waals surface area (Å²) in [6, 6.07) is 3.85. The average Bonchev–Trinajstić information content (AvgIpc) is 2.14. The van der Waals surface area contributed by atoms with Crippen LogP contribution in [-0.2, 0) is 5.75 Å². The first-order valence-corrected chi connectivity index (χ1v) is 3.89. The van der Waals surface area contributed by atoms with Crippen molar-refractivity contribution >= 4 is 35.2 Å². The summed E-state index contributed by atoms with van der Waals surface area (Å²) in [4.78, 5) is 0. The Bertz CT molecular complexity index is 173. The lowest BCUT2D eigenvalue weighted by molar-refractivity contribution is 0.504. The average molecular weight is 240 g/mol. The molecule has 0 N–H and O–H groups in total. The smallest absolute Gasteiger partial charge is 0.164 e. The molecule has 1 heterocycles. The van der Waals surface area contributed by atoms with Gasteiger partial charge >= 0.3 is 0 Å². The van der Waals surface area contributed by atoms with Crippen molar-refractivity contribution in [3.05, 3.63) is 21.7 Å². The van der Waals surface area contributed by atoms with Gasteiger partial charge in [0.2, 0.25) is 0 Å². The van der Waals surface area contributed by atoms with E-state index < -0.39 is 0 Å². The Kier molecular flexibility index (Phi) is 2.25. The van der Waals surface area contributed by atoms with E-state index in [0.717, 1.165) is 9.53 Å². The van der Waals surface area contributed by atoms with Crippen molar-refractivity contribution < 1.29 is 4.42 Å². The molecule has 0 amide bonds. The van der Waals surface area contributed by atoms with Gasteiger partial charge in [-0.05, 0) is 34.7 Å². The standard InChI is InChI=1S/C5H5IOS/c6-5-2-1-4(3-8)7-5/h1-2,8H,3H2. The van der Waals surface area contributed by atoms with E-state index >= 15 is 0 Å². The van der Waals surface area contributed by atoms with Crippen molar-refractivity contribution in [2.75, 3.05) is 0 Å². The van der Waals surface area contributed by atoms with Crippen LogP contribution in [0, 0.1) is 3.77 Å². The van der Waals surface area contributed by atoms with Crippen LogP contribution in [0.4, 0.5) is 0 Å². The number of hydrogen-bond acceptors (Lipinski definition) is 2. The van der Waals surface area contributed by atoms with Crippen LogP contribution in [0.2, 0.25) is 0 Å². The zero-order valence-electron chi connectivity index (χ0n) is 4.10. The van der Waals surface area contributed by atoms with Gasteiger partial charge in [-0.3, -0.25) is 0 Å². The van der Waals surface area contributed by atoms with E-state index in [2.05, 4.69) is 35.2 Å². The molecule has 1 aromatic rings. The lowest BCUT2D eigenvalue weighted by Crippen LogP contribution is -1.64. The van der Waals surface area contributed by atoms with E-state index in [4.69, 9.17) is 4.42 Å². The molecule has 0 atom stereocenters. The molecule has 44 valence electrons. The molecule has 0 aliphatic heterocycles. The molecule has 0 unspecified atom stereocenters. The van der Waals surface area contributed by atoms with Gasteiger partial charge in [0.05, 0.1) is 0 Å². The number of rotatable bonds is 1. The fourth-order valence-corrected chi connectivity index (χ4v) is 1.07. The Labute approximate surface area is 67.0 Å². The van der Waals surface area contributed by atoms with Crippen LogP contribution in [0.5, 0.6) is 0 Å². The lowest BCUT2D eigenvalue weighted by atomic mass is 10.5. The summed E-state index contributed by atoms with van der Waals surface area (Å²) in [6.07, 6.45) is 0. The van der Waals surface area contributed by atoms with Crippen LogP contribution in [0.25, 0.3) is 0 Å². The van der Waals surface area contributed by atoms with E-state index in [1.165, 1.54) is 0 Å². The third-order valence-electron chi connectivity index (χ3n) is 0.785. The van der Waals surface area contributed by atoms with Crippen LogP contribution in [0.3, 0.4) is 0 Å². The van der Waals surface area contributed by atoms with E-state index in [0.29, 0.717) is 5.75 Å². The SMILES string of the molecule is SCc1ccc(I)o1. The molecular weight excluding hydrogens is 235 g/mol. The van der Waals surface area contributed by atoms with E-state index in [9.17, 15) is 0 Å². The summed E-state index contributed by atoms with van der Waals surface area (Å²) in [7, 11) is 0. The Hall–Kier alpha value is 0.360. The summed E-state index contributed by atoms with van der Waals surface area (Å²) in [6.45, 7) is 0. The van der Waals surface area contributed by atoms with Crippen LogP contribution < -0.4 is 0 Å². The molecule has 0 saturated heterocycles. The molecule has 8 heavy (non-hydrogen) atoms. The molecule has 1 rings (SSSR count). The summed E-state index contributed by atoms with van der Waals surface area (Å²) >= 11 is 6.15. The highest BCUT2D eigenvalue weighted by Crippen LogP contribution is 2.10. The minimum Gasteiger partial charge on any atom is -0.455 e. The van der Waals surface area contributed by atoms with Crippen LogP contribution in [0.1, 0.15) is 5.76 Å². The predicted octanol–water partition coefficient (Wildman–Crippen LogP) is 2.31. The summed E-state index contributed by atoms with van der Waals surface area (Å²) in [5.41, 5.74) is 0. The highest BCUT2D eigenvalue weighted by Gasteiger charge is 1.93. The number of furan rings is 1. The quantitative estimate of drug-likeness (QED) is 0.587. The first-order valence-electron chi connectivity index (χ1n) is 2.18. The fraction of sp³-hybridized carbons (Fsp3) is 0.200. The molecule has 3 heteroatoms. The Morgan fingerprint density at radius 1 is 1.62 bits per heavy atom. The third-order valence-corrected chi connectivity index (χ3v) is 1.68. The van der Waals surface area contributed by atoms with Gasteiger partial charge in [-0.15, -0.1) is 0 Å². The molecule has 0 radical (unpaired) electrons. The topological polar surface area (TPSA) is 13.1 Å². The van der Waals surface area contributed by atoms with Gasteiger partial charge in [0, 0.05) is 5.75 Å². The molecule has 0 aliphatic carbocycles. The van der Waals surface area contributed by atoms with Gasteiger partial charge in [-0.1, -0.05) is 0 Å². The molecule has 0 bridgehead atoms.